The van der Waals surface area contributed by atoms with Crippen molar-refractivity contribution in [2.24, 2.45) is 7.05 Å². The molecule has 1 aliphatic rings. The zero-order valence-electron chi connectivity index (χ0n) is 19.1. The first-order chi connectivity index (χ1) is 16.0. The van der Waals surface area contributed by atoms with Gasteiger partial charge in [0.05, 0.1) is 5.69 Å². The Morgan fingerprint density at radius 1 is 1.15 bits per heavy atom. The highest BCUT2D eigenvalue weighted by molar-refractivity contribution is 5.90. The number of hydroxylamine groups is 1. The summed E-state index contributed by atoms with van der Waals surface area (Å²) in [6.07, 6.45) is 5.89. The number of carbonyl (C=O) groups is 1. The number of nitrogens with one attached hydrogen (secondary N) is 1. The van der Waals surface area contributed by atoms with Gasteiger partial charge in [-0.25, -0.2) is 10.2 Å². The van der Waals surface area contributed by atoms with Gasteiger partial charge < -0.3 is 0 Å². The van der Waals surface area contributed by atoms with Crippen molar-refractivity contribution in [1.29, 1.82) is 0 Å². The molecule has 172 valence electrons. The van der Waals surface area contributed by atoms with Gasteiger partial charge in [0.2, 0.25) is 0 Å². The summed E-state index contributed by atoms with van der Waals surface area (Å²) in [5.41, 5.74) is 6.53. The molecule has 2 aromatic carbocycles. The van der Waals surface area contributed by atoms with Crippen LogP contribution in [0.3, 0.4) is 0 Å². The fourth-order valence-electron chi connectivity index (χ4n) is 4.68. The lowest BCUT2D eigenvalue weighted by Crippen LogP contribution is -2.28. The lowest BCUT2D eigenvalue weighted by Gasteiger charge is -2.24. The molecule has 1 fully saturated rings. The average molecular weight is 447 g/mol. The van der Waals surface area contributed by atoms with Crippen LogP contribution in [0.5, 0.6) is 0 Å². The van der Waals surface area contributed by atoms with Crippen molar-refractivity contribution >= 4 is 12.0 Å². The first kappa shape index (κ1) is 22.8. The quantitative estimate of drug-likeness (QED) is 0.331. The summed E-state index contributed by atoms with van der Waals surface area (Å²) in [5.74, 6) is -0.552. The summed E-state index contributed by atoms with van der Waals surface area (Å²) in [6.45, 7) is 3.86. The number of carbonyl (C=O) groups excluding carboxylic acids is 1. The van der Waals surface area contributed by atoms with Gasteiger partial charge in [0.1, 0.15) is 0 Å². The van der Waals surface area contributed by atoms with Crippen LogP contribution >= 0.6 is 0 Å². The molecule has 0 aliphatic carbocycles. The van der Waals surface area contributed by atoms with E-state index in [4.69, 9.17) is 5.21 Å². The standard InChI is InChI=1S/C26H30N4O3/c1-19-23(26(32)30(28(19)2)22-7-4-3-5-8-22)16-18-29-17-6-9-24(29)21-13-10-20(11-14-21)12-15-25(31)27-33/h3-5,7-8,10-15,24,33H,6,9,16-18H2,1-2H3,(H,27,31)/t24-/m0/s1. The molecular weight excluding hydrogens is 416 g/mol. The number of para-hydroxylation sites is 1. The molecule has 0 saturated carbocycles. The van der Waals surface area contributed by atoms with Gasteiger partial charge in [0.25, 0.3) is 11.5 Å². The summed E-state index contributed by atoms with van der Waals surface area (Å²) < 4.78 is 3.69. The second-order valence-corrected chi connectivity index (χ2v) is 8.46. The predicted molar refractivity (Wildman–Crippen MR) is 128 cm³/mol. The zero-order chi connectivity index (χ0) is 23.4. The fourth-order valence-corrected chi connectivity index (χ4v) is 4.68. The van der Waals surface area contributed by atoms with Gasteiger partial charge in [-0.15, -0.1) is 0 Å². The van der Waals surface area contributed by atoms with E-state index in [1.54, 1.807) is 16.2 Å². The van der Waals surface area contributed by atoms with Crippen LogP contribution in [0.25, 0.3) is 11.8 Å². The molecule has 3 aromatic rings. The molecule has 4 rings (SSSR count). The van der Waals surface area contributed by atoms with Crippen molar-refractivity contribution in [2.45, 2.75) is 32.2 Å². The summed E-state index contributed by atoms with van der Waals surface area (Å²) in [6, 6.07) is 18.2. The van der Waals surface area contributed by atoms with Crippen LogP contribution in [-0.2, 0) is 18.3 Å². The molecular formula is C26H30N4O3. The molecule has 1 atom stereocenters. The maximum Gasteiger partial charge on any atom is 0.274 e. The molecule has 0 unspecified atom stereocenters. The van der Waals surface area contributed by atoms with Crippen LogP contribution in [0.15, 0.2) is 65.5 Å². The highest BCUT2D eigenvalue weighted by Crippen LogP contribution is 2.32. The molecule has 33 heavy (non-hydrogen) atoms. The number of benzene rings is 2. The topological polar surface area (TPSA) is 79.5 Å². The Labute approximate surface area is 193 Å². The number of amides is 1. The molecule has 0 bridgehead atoms. The highest BCUT2D eigenvalue weighted by atomic mass is 16.5. The molecule has 1 aliphatic heterocycles. The van der Waals surface area contributed by atoms with E-state index in [0.717, 1.165) is 48.4 Å². The molecule has 7 heteroatoms. The third-order valence-electron chi connectivity index (χ3n) is 6.54. The van der Waals surface area contributed by atoms with Gasteiger partial charge in [-0.05, 0) is 62.1 Å². The molecule has 0 radical (unpaired) electrons. The molecule has 1 saturated heterocycles. The molecule has 2 N–H and O–H groups in total. The number of likely N-dealkylation sites (tertiary alicyclic amines) is 1. The summed E-state index contributed by atoms with van der Waals surface area (Å²) >= 11 is 0. The molecule has 2 heterocycles. The van der Waals surface area contributed by atoms with Crippen molar-refractivity contribution in [1.82, 2.24) is 19.7 Å². The third-order valence-corrected chi connectivity index (χ3v) is 6.54. The number of hydrogen-bond donors (Lipinski definition) is 2. The van der Waals surface area contributed by atoms with E-state index in [9.17, 15) is 9.59 Å². The van der Waals surface area contributed by atoms with Crippen LogP contribution < -0.4 is 11.0 Å². The lowest BCUT2D eigenvalue weighted by molar-refractivity contribution is -0.124. The van der Waals surface area contributed by atoms with Gasteiger partial charge in [-0.1, -0.05) is 42.5 Å². The van der Waals surface area contributed by atoms with E-state index >= 15 is 0 Å². The van der Waals surface area contributed by atoms with Crippen LogP contribution in [0.2, 0.25) is 0 Å². The number of nitrogens with zero attached hydrogens (tertiary/aromatic N) is 3. The second-order valence-electron chi connectivity index (χ2n) is 8.46. The SMILES string of the molecule is Cc1c(CCN2CCC[C@H]2c2ccc(C=CC(=O)NO)cc2)c(=O)n(-c2ccccc2)n1C. The number of aromatic nitrogens is 2. The maximum absolute atomic E-state index is 13.2. The molecule has 0 spiro atoms. The van der Waals surface area contributed by atoms with Gasteiger partial charge in [-0.3, -0.25) is 24.4 Å². The minimum Gasteiger partial charge on any atom is -0.296 e. The van der Waals surface area contributed by atoms with Crippen LogP contribution in [0.4, 0.5) is 0 Å². The minimum atomic E-state index is -0.552. The Morgan fingerprint density at radius 3 is 2.58 bits per heavy atom. The largest absolute Gasteiger partial charge is 0.296 e. The Bertz CT molecular complexity index is 1190. The number of rotatable bonds is 7. The van der Waals surface area contributed by atoms with Crippen molar-refractivity contribution in [2.75, 3.05) is 13.1 Å². The summed E-state index contributed by atoms with van der Waals surface area (Å²) in [4.78, 5) is 26.8. The smallest absolute Gasteiger partial charge is 0.274 e. The Hall–Kier alpha value is -3.42. The van der Waals surface area contributed by atoms with Crippen LogP contribution in [-0.4, -0.2) is 38.5 Å². The summed E-state index contributed by atoms with van der Waals surface area (Å²) in [5, 5.41) is 8.59. The molecule has 7 nitrogen and oxygen atoms in total. The normalized spacial score (nSPS) is 16.5. The second kappa shape index (κ2) is 10.0. The first-order valence-electron chi connectivity index (χ1n) is 11.3. The van der Waals surface area contributed by atoms with Gasteiger partial charge in [0, 0.05) is 37.0 Å². The van der Waals surface area contributed by atoms with Crippen LogP contribution in [0.1, 0.15) is 41.3 Å². The maximum atomic E-state index is 13.2. The van der Waals surface area contributed by atoms with E-state index in [-0.39, 0.29) is 5.56 Å². The third kappa shape index (κ3) is 4.84. The van der Waals surface area contributed by atoms with Crippen molar-refractivity contribution in [3.05, 3.63) is 93.4 Å². The van der Waals surface area contributed by atoms with Crippen molar-refractivity contribution in [3.63, 3.8) is 0 Å². The molecule has 1 amide bonds. The number of hydrogen-bond acceptors (Lipinski definition) is 4. The zero-order valence-corrected chi connectivity index (χ0v) is 19.1. The first-order valence-corrected chi connectivity index (χ1v) is 11.3. The lowest BCUT2D eigenvalue weighted by atomic mass is 10.0. The van der Waals surface area contributed by atoms with Crippen molar-refractivity contribution in [3.8, 4) is 5.69 Å². The van der Waals surface area contributed by atoms with Gasteiger partial charge in [0.15, 0.2) is 0 Å². The van der Waals surface area contributed by atoms with Gasteiger partial charge in [-0.2, -0.15) is 0 Å². The monoisotopic (exact) mass is 446 g/mol. The Morgan fingerprint density at radius 2 is 1.88 bits per heavy atom. The van der Waals surface area contributed by atoms with E-state index in [1.165, 1.54) is 11.6 Å². The van der Waals surface area contributed by atoms with E-state index < -0.39 is 5.91 Å². The average Bonchev–Trinajstić information content (AvgIpc) is 3.39. The summed E-state index contributed by atoms with van der Waals surface area (Å²) in [7, 11) is 1.94. The van der Waals surface area contributed by atoms with E-state index in [0.29, 0.717) is 12.5 Å². The Kier molecular flexibility index (Phi) is 6.91. The predicted octanol–water partition coefficient (Wildman–Crippen LogP) is 3.38. The van der Waals surface area contributed by atoms with E-state index in [1.807, 2.05) is 61.1 Å². The molecule has 1 aromatic heterocycles. The fraction of sp³-hybridized carbons (Fsp3) is 0.308. The van der Waals surface area contributed by atoms with Crippen LogP contribution in [0, 0.1) is 6.92 Å². The van der Waals surface area contributed by atoms with E-state index in [2.05, 4.69) is 17.0 Å². The highest BCUT2D eigenvalue weighted by Gasteiger charge is 2.26. The van der Waals surface area contributed by atoms with Crippen molar-refractivity contribution < 1.29 is 10.0 Å². The minimum absolute atomic E-state index is 0.0556. The Balaban J connectivity index is 1.48. The van der Waals surface area contributed by atoms with Gasteiger partial charge >= 0.3 is 0 Å².